The van der Waals surface area contributed by atoms with Crippen molar-refractivity contribution in [3.05, 3.63) is 35.4 Å². The van der Waals surface area contributed by atoms with Crippen LogP contribution in [0, 0.1) is 6.92 Å². The number of amides is 1. The Morgan fingerprint density at radius 2 is 1.94 bits per heavy atom. The van der Waals surface area contributed by atoms with Gasteiger partial charge in [0, 0.05) is 54.6 Å². The van der Waals surface area contributed by atoms with Gasteiger partial charge in [0.25, 0.3) is 5.91 Å². The van der Waals surface area contributed by atoms with Crippen molar-refractivity contribution >= 4 is 28.8 Å². The highest BCUT2D eigenvalue weighted by molar-refractivity contribution is 14.1. The van der Waals surface area contributed by atoms with Crippen molar-refractivity contribution in [1.82, 2.24) is 8.01 Å². The normalized spacial score (nSPS) is 17.5. The van der Waals surface area contributed by atoms with Gasteiger partial charge in [-0.05, 0) is 19.1 Å². The van der Waals surface area contributed by atoms with Crippen LogP contribution >= 0.6 is 22.9 Å². The van der Waals surface area contributed by atoms with Gasteiger partial charge in [-0.1, -0.05) is 17.7 Å². The molecule has 0 saturated carbocycles. The third-order valence-corrected chi connectivity index (χ3v) is 3.74. The minimum Gasteiger partial charge on any atom is -0.336 e. The summed E-state index contributed by atoms with van der Waals surface area (Å²) in [5.74, 6) is 0.160. The predicted molar refractivity (Wildman–Crippen MR) is 72.7 cm³/mol. The molecular formula is C12H15IN2O. The maximum absolute atomic E-state index is 12.2. The van der Waals surface area contributed by atoms with Crippen LogP contribution in [0.2, 0.25) is 0 Å². The number of halogens is 1. The van der Waals surface area contributed by atoms with Gasteiger partial charge in [-0.15, -0.1) is 0 Å². The van der Waals surface area contributed by atoms with Gasteiger partial charge in [0.15, 0.2) is 0 Å². The molecule has 0 unspecified atom stereocenters. The summed E-state index contributed by atoms with van der Waals surface area (Å²) in [6, 6.07) is 7.81. The van der Waals surface area contributed by atoms with E-state index in [2.05, 4.69) is 26.0 Å². The van der Waals surface area contributed by atoms with Crippen LogP contribution in [0.5, 0.6) is 0 Å². The molecule has 4 heteroatoms. The van der Waals surface area contributed by atoms with E-state index in [-0.39, 0.29) is 5.91 Å². The zero-order chi connectivity index (χ0) is 11.5. The smallest absolute Gasteiger partial charge is 0.253 e. The molecule has 0 spiro atoms. The Kier molecular flexibility index (Phi) is 3.81. The van der Waals surface area contributed by atoms with Gasteiger partial charge in [0.05, 0.1) is 0 Å². The quantitative estimate of drug-likeness (QED) is 0.582. The fourth-order valence-corrected chi connectivity index (χ4v) is 2.28. The van der Waals surface area contributed by atoms with Crippen LogP contribution in [0.15, 0.2) is 24.3 Å². The Bertz CT molecular complexity index is 386. The zero-order valence-electron chi connectivity index (χ0n) is 9.32. The third-order valence-electron chi connectivity index (χ3n) is 2.78. The molecule has 0 aromatic heterocycles. The third kappa shape index (κ3) is 2.74. The number of benzene rings is 1. The first-order chi connectivity index (χ1) is 7.66. The summed E-state index contributed by atoms with van der Waals surface area (Å²) in [6.45, 7) is 5.58. The minimum atomic E-state index is 0.160. The van der Waals surface area contributed by atoms with E-state index in [0.717, 1.165) is 37.3 Å². The highest BCUT2D eigenvalue weighted by Crippen LogP contribution is 2.12. The standard InChI is InChI=1S/C12H15IN2O/c1-10-3-2-4-11(9-10)12(16)14-5-7-15(13)8-6-14/h2-4,9H,5-8H2,1H3. The summed E-state index contributed by atoms with van der Waals surface area (Å²) in [6.07, 6.45) is 0. The number of aryl methyl sites for hydroxylation is 1. The van der Waals surface area contributed by atoms with Gasteiger partial charge in [0.2, 0.25) is 0 Å². The van der Waals surface area contributed by atoms with Gasteiger partial charge in [-0.2, -0.15) is 0 Å². The first-order valence-corrected chi connectivity index (χ1v) is 6.40. The first-order valence-electron chi connectivity index (χ1n) is 5.43. The van der Waals surface area contributed by atoms with Crippen LogP contribution in [0.25, 0.3) is 0 Å². The number of rotatable bonds is 1. The van der Waals surface area contributed by atoms with Crippen LogP contribution in [0.1, 0.15) is 15.9 Å². The Hall–Kier alpha value is -0.620. The molecule has 0 aliphatic carbocycles. The minimum absolute atomic E-state index is 0.160. The lowest BCUT2D eigenvalue weighted by molar-refractivity contribution is 0.0711. The van der Waals surface area contributed by atoms with Crippen molar-refractivity contribution in [2.24, 2.45) is 0 Å². The molecule has 1 fully saturated rings. The number of carbonyl (C=O) groups excluding carboxylic acids is 1. The summed E-state index contributed by atoms with van der Waals surface area (Å²) < 4.78 is 2.22. The number of carbonyl (C=O) groups is 1. The zero-order valence-corrected chi connectivity index (χ0v) is 11.5. The molecule has 0 radical (unpaired) electrons. The van der Waals surface area contributed by atoms with Crippen LogP contribution < -0.4 is 0 Å². The lowest BCUT2D eigenvalue weighted by Gasteiger charge is -2.31. The highest BCUT2D eigenvalue weighted by atomic mass is 127. The van der Waals surface area contributed by atoms with Crippen LogP contribution in [0.3, 0.4) is 0 Å². The first kappa shape index (κ1) is 11.9. The fourth-order valence-electron chi connectivity index (χ4n) is 1.85. The molecule has 1 amide bonds. The van der Waals surface area contributed by atoms with E-state index < -0.39 is 0 Å². The molecule has 0 N–H and O–H groups in total. The number of hydrogen-bond donors (Lipinski definition) is 0. The number of nitrogens with zero attached hydrogens (tertiary/aromatic N) is 2. The van der Waals surface area contributed by atoms with Crippen LogP contribution in [-0.2, 0) is 0 Å². The molecule has 1 aliphatic rings. The molecule has 1 aromatic rings. The summed E-state index contributed by atoms with van der Waals surface area (Å²) in [5.41, 5.74) is 1.94. The lowest BCUT2D eigenvalue weighted by atomic mass is 10.1. The number of hydrogen-bond acceptors (Lipinski definition) is 2. The molecule has 2 rings (SSSR count). The highest BCUT2D eigenvalue weighted by Gasteiger charge is 2.20. The average molecular weight is 330 g/mol. The number of piperazine rings is 1. The molecule has 1 aromatic carbocycles. The second-order valence-electron chi connectivity index (χ2n) is 4.07. The molecule has 1 aliphatic heterocycles. The Balaban J connectivity index is 2.08. The van der Waals surface area contributed by atoms with Gasteiger partial charge in [0.1, 0.15) is 0 Å². The molecule has 1 heterocycles. The summed E-state index contributed by atoms with van der Waals surface area (Å²) in [5, 5.41) is 0. The van der Waals surface area contributed by atoms with E-state index in [1.165, 1.54) is 0 Å². The maximum Gasteiger partial charge on any atom is 0.253 e. The second-order valence-corrected chi connectivity index (χ2v) is 5.44. The van der Waals surface area contributed by atoms with E-state index >= 15 is 0 Å². The van der Waals surface area contributed by atoms with Crippen LogP contribution in [0.4, 0.5) is 0 Å². The Morgan fingerprint density at radius 1 is 1.25 bits per heavy atom. The van der Waals surface area contributed by atoms with Crippen molar-refractivity contribution in [3.8, 4) is 0 Å². The van der Waals surface area contributed by atoms with Crippen LogP contribution in [-0.4, -0.2) is 40.1 Å². The summed E-state index contributed by atoms with van der Waals surface area (Å²) >= 11 is 2.31. The molecule has 0 atom stereocenters. The van der Waals surface area contributed by atoms with Crippen molar-refractivity contribution in [2.45, 2.75) is 6.92 Å². The SMILES string of the molecule is Cc1cccc(C(=O)N2CCN(I)CC2)c1. The van der Waals surface area contributed by atoms with E-state index in [4.69, 9.17) is 0 Å². The Morgan fingerprint density at radius 3 is 2.56 bits per heavy atom. The Labute approximate surface area is 110 Å². The van der Waals surface area contributed by atoms with Crippen molar-refractivity contribution in [2.75, 3.05) is 26.2 Å². The largest absolute Gasteiger partial charge is 0.336 e. The van der Waals surface area contributed by atoms with Gasteiger partial charge >= 0.3 is 0 Å². The van der Waals surface area contributed by atoms with Crippen molar-refractivity contribution < 1.29 is 4.79 Å². The molecule has 3 nitrogen and oxygen atoms in total. The fraction of sp³-hybridized carbons (Fsp3) is 0.417. The molecule has 1 saturated heterocycles. The van der Waals surface area contributed by atoms with Gasteiger partial charge < -0.3 is 4.90 Å². The van der Waals surface area contributed by atoms with E-state index in [9.17, 15) is 4.79 Å². The molecule has 0 bridgehead atoms. The van der Waals surface area contributed by atoms with E-state index in [1.54, 1.807) is 0 Å². The van der Waals surface area contributed by atoms with E-state index in [0.29, 0.717) is 0 Å². The van der Waals surface area contributed by atoms with E-state index in [1.807, 2.05) is 36.1 Å². The predicted octanol–water partition coefficient (Wildman–Crippen LogP) is 2.10. The van der Waals surface area contributed by atoms with Gasteiger partial charge in [-0.3, -0.25) is 4.79 Å². The van der Waals surface area contributed by atoms with Crippen molar-refractivity contribution in [1.29, 1.82) is 0 Å². The average Bonchev–Trinajstić information content (AvgIpc) is 2.29. The second kappa shape index (κ2) is 5.14. The van der Waals surface area contributed by atoms with Gasteiger partial charge in [-0.25, -0.2) is 3.11 Å². The molecule has 16 heavy (non-hydrogen) atoms. The summed E-state index contributed by atoms with van der Waals surface area (Å²) in [4.78, 5) is 14.1. The summed E-state index contributed by atoms with van der Waals surface area (Å²) in [7, 11) is 0. The molecular weight excluding hydrogens is 315 g/mol. The monoisotopic (exact) mass is 330 g/mol. The van der Waals surface area contributed by atoms with Crippen molar-refractivity contribution in [3.63, 3.8) is 0 Å². The maximum atomic E-state index is 12.2. The molecule has 86 valence electrons. The lowest BCUT2D eigenvalue weighted by Crippen LogP contribution is -2.45. The topological polar surface area (TPSA) is 23.6 Å².